The zero-order valence-corrected chi connectivity index (χ0v) is 12.5. The van der Waals surface area contributed by atoms with Gasteiger partial charge in [0.25, 0.3) is 0 Å². The van der Waals surface area contributed by atoms with E-state index in [1.54, 1.807) is 0 Å². The van der Waals surface area contributed by atoms with Crippen LogP contribution in [0.25, 0.3) is 0 Å². The third kappa shape index (κ3) is 4.73. The maximum absolute atomic E-state index is 11.2. The zero-order valence-electron chi connectivity index (χ0n) is 12.5. The predicted octanol–water partition coefficient (Wildman–Crippen LogP) is 0.783. The third-order valence-corrected chi connectivity index (χ3v) is 3.01. The summed E-state index contributed by atoms with van der Waals surface area (Å²) in [6, 6.07) is 0.418. The average molecular weight is 294 g/mol. The van der Waals surface area contributed by atoms with Crippen LogP contribution >= 0.6 is 0 Å². The van der Waals surface area contributed by atoms with Crippen LogP contribution in [-0.4, -0.2) is 46.6 Å². The van der Waals surface area contributed by atoms with Crippen molar-refractivity contribution < 1.29 is 9.53 Å². The average Bonchev–Trinajstić information content (AvgIpc) is 2.89. The van der Waals surface area contributed by atoms with Crippen LogP contribution in [0.3, 0.4) is 0 Å². The van der Waals surface area contributed by atoms with Gasteiger partial charge in [-0.2, -0.15) is 15.0 Å². The van der Waals surface area contributed by atoms with Crippen molar-refractivity contribution in [3.8, 4) is 6.01 Å². The van der Waals surface area contributed by atoms with Crippen molar-refractivity contribution in [1.82, 2.24) is 20.3 Å². The normalized spacial score (nSPS) is 17.4. The van der Waals surface area contributed by atoms with E-state index in [0.717, 1.165) is 19.4 Å². The second kappa shape index (κ2) is 7.61. The molecular formula is C13H22N6O2. The lowest BCUT2D eigenvalue weighted by Gasteiger charge is -2.13. The van der Waals surface area contributed by atoms with Gasteiger partial charge in [0.2, 0.25) is 17.8 Å². The van der Waals surface area contributed by atoms with Crippen LogP contribution in [0.2, 0.25) is 0 Å². The first kappa shape index (κ1) is 15.3. The SMILES string of the molecule is CCCNc1nc(NCC2CCC(=O)N2)nc(OCC)n1. The van der Waals surface area contributed by atoms with Crippen molar-refractivity contribution in [1.29, 1.82) is 0 Å². The lowest BCUT2D eigenvalue weighted by Crippen LogP contribution is -2.32. The highest BCUT2D eigenvalue weighted by Crippen LogP contribution is 2.12. The van der Waals surface area contributed by atoms with Gasteiger partial charge in [-0.1, -0.05) is 6.92 Å². The second-order valence-electron chi connectivity index (χ2n) is 4.81. The molecule has 1 aromatic heterocycles. The number of amides is 1. The molecule has 0 spiro atoms. The first-order chi connectivity index (χ1) is 10.2. The Bertz CT molecular complexity index is 482. The minimum Gasteiger partial charge on any atom is -0.464 e. The van der Waals surface area contributed by atoms with E-state index in [9.17, 15) is 4.79 Å². The number of rotatable bonds is 8. The Hall–Kier alpha value is -2.12. The van der Waals surface area contributed by atoms with E-state index < -0.39 is 0 Å². The number of nitrogens with zero attached hydrogens (tertiary/aromatic N) is 3. The van der Waals surface area contributed by atoms with Crippen LogP contribution in [-0.2, 0) is 4.79 Å². The smallest absolute Gasteiger partial charge is 0.323 e. The summed E-state index contributed by atoms with van der Waals surface area (Å²) in [5.41, 5.74) is 0. The summed E-state index contributed by atoms with van der Waals surface area (Å²) in [6.45, 7) is 5.82. The van der Waals surface area contributed by atoms with Crippen LogP contribution < -0.4 is 20.7 Å². The maximum Gasteiger partial charge on any atom is 0.323 e. The van der Waals surface area contributed by atoms with Gasteiger partial charge in [-0.15, -0.1) is 0 Å². The number of ether oxygens (including phenoxy) is 1. The van der Waals surface area contributed by atoms with Crippen molar-refractivity contribution in [2.75, 3.05) is 30.3 Å². The van der Waals surface area contributed by atoms with Crippen LogP contribution in [0.5, 0.6) is 6.01 Å². The summed E-state index contributed by atoms with van der Waals surface area (Å²) in [5, 5.41) is 9.14. The number of carbonyl (C=O) groups is 1. The lowest BCUT2D eigenvalue weighted by molar-refractivity contribution is -0.119. The molecule has 0 radical (unpaired) electrons. The minimum atomic E-state index is 0.0951. The van der Waals surface area contributed by atoms with Crippen molar-refractivity contribution in [2.24, 2.45) is 0 Å². The van der Waals surface area contributed by atoms with Gasteiger partial charge in [-0.3, -0.25) is 4.79 Å². The number of nitrogens with one attached hydrogen (secondary N) is 3. The summed E-state index contributed by atoms with van der Waals surface area (Å²) in [4.78, 5) is 23.9. The van der Waals surface area contributed by atoms with Gasteiger partial charge in [0, 0.05) is 25.6 Å². The summed E-state index contributed by atoms with van der Waals surface area (Å²) in [5.74, 6) is 1.04. The van der Waals surface area contributed by atoms with Gasteiger partial charge in [0.05, 0.1) is 6.61 Å². The van der Waals surface area contributed by atoms with E-state index in [0.29, 0.717) is 37.5 Å². The highest BCUT2D eigenvalue weighted by Gasteiger charge is 2.20. The van der Waals surface area contributed by atoms with Gasteiger partial charge in [-0.25, -0.2) is 0 Å². The predicted molar refractivity (Wildman–Crippen MR) is 79.4 cm³/mol. The van der Waals surface area contributed by atoms with Crippen molar-refractivity contribution in [3.05, 3.63) is 0 Å². The molecule has 1 aromatic rings. The molecule has 8 heteroatoms. The molecule has 21 heavy (non-hydrogen) atoms. The van der Waals surface area contributed by atoms with E-state index in [-0.39, 0.29) is 11.9 Å². The Morgan fingerprint density at radius 3 is 2.62 bits per heavy atom. The van der Waals surface area contributed by atoms with Crippen molar-refractivity contribution >= 4 is 17.8 Å². The highest BCUT2D eigenvalue weighted by molar-refractivity contribution is 5.78. The Morgan fingerprint density at radius 2 is 2.00 bits per heavy atom. The molecule has 1 saturated heterocycles. The summed E-state index contributed by atoms with van der Waals surface area (Å²) >= 11 is 0. The molecule has 2 rings (SSSR count). The van der Waals surface area contributed by atoms with E-state index in [4.69, 9.17) is 4.74 Å². The molecule has 8 nitrogen and oxygen atoms in total. The molecule has 1 unspecified atom stereocenters. The molecule has 0 bridgehead atoms. The Labute approximate surface area is 124 Å². The third-order valence-electron chi connectivity index (χ3n) is 3.01. The van der Waals surface area contributed by atoms with Crippen molar-refractivity contribution in [2.45, 2.75) is 39.2 Å². The number of hydrogen-bond acceptors (Lipinski definition) is 7. The number of hydrogen-bond donors (Lipinski definition) is 3. The van der Waals surface area contributed by atoms with E-state index in [1.165, 1.54) is 0 Å². The first-order valence-electron chi connectivity index (χ1n) is 7.37. The molecule has 2 heterocycles. The largest absolute Gasteiger partial charge is 0.464 e. The summed E-state index contributed by atoms with van der Waals surface area (Å²) < 4.78 is 5.34. The minimum absolute atomic E-state index is 0.0951. The number of anilines is 2. The number of aromatic nitrogens is 3. The fourth-order valence-electron chi connectivity index (χ4n) is 1.99. The summed E-state index contributed by atoms with van der Waals surface area (Å²) in [7, 11) is 0. The van der Waals surface area contributed by atoms with Gasteiger partial charge in [-0.05, 0) is 19.8 Å². The molecular weight excluding hydrogens is 272 g/mol. The first-order valence-corrected chi connectivity index (χ1v) is 7.37. The van der Waals surface area contributed by atoms with Crippen LogP contribution in [0.15, 0.2) is 0 Å². The number of carbonyl (C=O) groups excluding carboxylic acids is 1. The molecule has 3 N–H and O–H groups in total. The molecule has 0 aromatic carbocycles. The summed E-state index contributed by atoms with van der Waals surface area (Å²) in [6.07, 6.45) is 2.39. The Kier molecular flexibility index (Phi) is 5.53. The molecule has 0 saturated carbocycles. The van der Waals surface area contributed by atoms with Crippen LogP contribution in [0, 0.1) is 0 Å². The Balaban J connectivity index is 1.98. The Morgan fingerprint density at radius 1 is 1.24 bits per heavy atom. The topological polar surface area (TPSA) is 101 Å². The van der Waals surface area contributed by atoms with Gasteiger partial charge in [0.15, 0.2) is 0 Å². The highest BCUT2D eigenvalue weighted by atomic mass is 16.5. The molecule has 1 amide bonds. The van der Waals surface area contributed by atoms with E-state index >= 15 is 0 Å². The monoisotopic (exact) mass is 294 g/mol. The quantitative estimate of drug-likeness (QED) is 0.651. The maximum atomic E-state index is 11.2. The zero-order chi connectivity index (χ0) is 15.1. The lowest BCUT2D eigenvalue weighted by atomic mass is 10.2. The van der Waals surface area contributed by atoms with E-state index in [1.807, 2.05) is 6.92 Å². The molecule has 1 fully saturated rings. The second-order valence-corrected chi connectivity index (χ2v) is 4.81. The molecule has 1 atom stereocenters. The standard InChI is InChI=1S/C13H22N6O2/c1-3-7-14-11-17-12(19-13(18-11)21-4-2)15-8-9-5-6-10(20)16-9/h9H,3-8H2,1-2H3,(H,16,20)(H2,14,15,17,18,19). The fraction of sp³-hybridized carbons (Fsp3) is 0.692. The van der Waals surface area contributed by atoms with Crippen molar-refractivity contribution in [3.63, 3.8) is 0 Å². The van der Waals surface area contributed by atoms with Crippen LogP contribution in [0.4, 0.5) is 11.9 Å². The molecule has 1 aliphatic heterocycles. The van der Waals surface area contributed by atoms with Gasteiger partial charge >= 0.3 is 6.01 Å². The van der Waals surface area contributed by atoms with E-state index in [2.05, 4.69) is 37.8 Å². The van der Waals surface area contributed by atoms with Crippen LogP contribution in [0.1, 0.15) is 33.1 Å². The molecule has 116 valence electrons. The molecule has 1 aliphatic rings. The molecule has 0 aliphatic carbocycles. The van der Waals surface area contributed by atoms with Gasteiger partial charge in [0.1, 0.15) is 0 Å². The van der Waals surface area contributed by atoms with Gasteiger partial charge < -0.3 is 20.7 Å². The fourth-order valence-corrected chi connectivity index (χ4v) is 1.99.